The summed E-state index contributed by atoms with van der Waals surface area (Å²) >= 11 is 0. The number of hydrogen-bond donors (Lipinski definition) is 2. The van der Waals surface area contributed by atoms with Crippen LogP contribution in [0.2, 0.25) is 0 Å². The van der Waals surface area contributed by atoms with Gasteiger partial charge in [-0.3, -0.25) is 14.9 Å². The predicted octanol–water partition coefficient (Wildman–Crippen LogP) is 3.31. The average molecular weight is 392 g/mol. The van der Waals surface area contributed by atoms with Crippen LogP contribution in [0.1, 0.15) is 16.1 Å². The Balaban J connectivity index is 1.70. The Kier molecular flexibility index (Phi) is 5.48. The molecule has 0 saturated heterocycles. The molecule has 0 aliphatic carbocycles. The third-order valence-corrected chi connectivity index (χ3v) is 3.71. The lowest BCUT2D eigenvalue weighted by molar-refractivity contribution is -0.274. The molecule has 0 bridgehead atoms. The second kappa shape index (κ2) is 7.99. The molecule has 1 aromatic carbocycles. The second-order valence-electron chi connectivity index (χ2n) is 5.58. The van der Waals surface area contributed by atoms with Crippen LogP contribution in [0, 0.1) is 0 Å². The molecule has 2 N–H and O–H groups in total. The first-order valence-corrected chi connectivity index (χ1v) is 8.03. The lowest BCUT2D eigenvalue weighted by Crippen LogP contribution is -2.25. The van der Waals surface area contributed by atoms with Gasteiger partial charge in [0.2, 0.25) is 0 Å². The molecule has 3 rings (SSSR count). The van der Waals surface area contributed by atoms with Crippen LogP contribution in [0.4, 0.5) is 13.2 Å². The molecule has 0 spiro atoms. The Morgan fingerprint density at radius 1 is 1.21 bits per heavy atom. The summed E-state index contributed by atoms with van der Waals surface area (Å²) in [5.74, 6) is -0.750. The zero-order chi connectivity index (χ0) is 20.1. The van der Waals surface area contributed by atoms with Gasteiger partial charge in [0.25, 0.3) is 5.91 Å². The largest absolute Gasteiger partial charge is 0.573 e. The van der Waals surface area contributed by atoms with Crippen LogP contribution in [0.25, 0.3) is 11.3 Å². The van der Waals surface area contributed by atoms with Crippen LogP contribution >= 0.6 is 0 Å². The molecular weight excluding hydrogens is 377 g/mol. The van der Waals surface area contributed by atoms with Crippen molar-refractivity contribution < 1.29 is 27.4 Å². The molecule has 0 aliphatic rings. The minimum Gasteiger partial charge on any atom is -0.494 e. The van der Waals surface area contributed by atoms with E-state index in [1.54, 1.807) is 24.5 Å². The van der Waals surface area contributed by atoms with Gasteiger partial charge in [-0.05, 0) is 24.3 Å². The van der Waals surface area contributed by atoms with Crippen molar-refractivity contribution in [1.29, 1.82) is 0 Å². The van der Waals surface area contributed by atoms with Crippen LogP contribution in [-0.2, 0) is 6.54 Å². The van der Waals surface area contributed by atoms with Gasteiger partial charge in [-0.15, -0.1) is 13.2 Å². The SMILES string of the molecule is COc1cnccc1-c1cc(CNC(=O)c2ccccc2OC(F)(F)F)[nH]n1. The number of hydrogen-bond acceptors (Lipinski definition) is 5. The van der Waals surface area contributed by atoms with Crippen LogP contribution in [0.15, 0.2) is 48.8 Å². The molecule has 28 heavy (non-hydrogen) atoms. The smallest absolute Gasteiger partial charge is 0.494 e. The maximum atomic E-state index is 12.5. The van der Waals surface area contributed by atoms with Gasteiger partial charge in [-0.25, -0.2) is 0 Å². The van der Waals surface area contributed by atoms with E-state index in [1.165, 1.54) is 25.3 Å². The molecule has 10 heteroatoms. The lowest BCUT2D eigenvalue weighted by Gasteiger charge is -2.12. The van der Waals surface area contributed by atoms with Crippen LogP contribution in [0.3, 0.4) is 0 Å². The predicted molar refractivity (Wildman–Crippen MR) is 92.7 cm³/mol. The Morgan fingerprint density at radius 3 is 2.75 bits per heavy atom. The van der Waals surface area contributed by atoms with E-state index in [9.17, 15) is 18.0 Å². The normalized spacial score (nSPS) is 11.1. The number of rotatable bonds is 6. The highest BCUT2D eigenvalue weighted by Gasteiger charge is 2.32. The molecule has 7 nitrogen and oxygen atoms in total. The fourth-order valence-electron chi connectivity index (χ4n) is 2.48. The maximum absolute atomic E-state index is 12.5. The molecule has 0 unspecified atom stereocenters. The van der Waals surface area contributed by atoms with Crippen molar-refractivity contribution in [1.82, 2.24) is 20.5 Å². The first kappa shape index (κ1) is 19.2. The summed E-state index contributed by atoms with van der Waals surface area (Å²) < 4.78 is 46.6. The number of benzene rings is 1. The van der Waals surface area contributed by atoms with E-state index in [4.69, 9.17) is 4.74 Å². The molecule has 146 valence electrons. The fraction of sp³-hybridized carbons (Fsp3) is 0.167. The van der Waals surface area contributed by atoms with Crippen molar-refractivity contribution in [2.24, 2.45) is 0 Å². The van der Waals surface area contributed by atoms with Gasteiger partial charge in [0, 0.05) is 11.8 Å². The summed E-state index contributed by atoms with van der Waals surface area (Å²) in [5.41, 5.74) is 1.60. The van der Waals surface area contributed by atoms with Gasteiger partial charge in [-0.2, -0.15) is 5.10 Å². The zero-order valence-corrected chi connectivity index (χ0v) is 14.6. The standard InChI is InChI=1S/C18H15F3N4O3/c1-27-16-10-22-7-6-12(16)14-8-11(24-25-14)9-23-17(26)13-4-2-3-5-15(13)28-18(19,20)21/h2-8,10H,9H2,1H3,(H,23,26)(H,24,25). The van der Waals surface area contributed by atoms with Gasteiger partial charge in [0.05, 0.1) is 36.8 Å². The number of ether oxygens (including phenoxy) is 2. The van der Waals surface area contributed by atoms with E-state index in [-0.39, 0.29) is 12.1 Å². The summed E-state index contributed by atoms with van der Waals surface area (Å²) in [7, 11) is 1.51. The van der Waals surface area contributed by atoms with E-state index in [0.29, 0.717) is 22.7 Å². The Bertz CT molecular complexity index is 972. The number of aromatic nitrogens is 3. The average Bonchev–Trinajstić information content (AvgIpc) is 3.14. The van der Waals surface area contributed by atoms with E-state index >= 15 is 0 Å². The summed E-state index contributed by atoms with van der Waals surface area (Å²) in [6, 6.07) is 8.53. The molecular formula is C18H15F3N4O3. The van der Waals surface area contributed by atoms with Crippen molar-refractivity contribution in [3.8, 4) is 22.8 Å². The van der Waals surface area contributed by atoms with E-state index in [2.05, 4.69) is 25.2 Å². The van der Waals surface area contributed by atoms with Crippen molar-refractivity contribution >= 4 is 5.91 Å². The van der Waals surface area contributed by atoms with Crippen molar-refractivity contribution in [2.75, 3.05) is 7.11 Å². The molecule has 0 fully saturated rings. The van der Waals surface area contributed by atoms with Crippen molar-refractivity contribution in [3.05, 3.63) is 60.0 Å². The quantitative estimate of drug-likeness (QED) is 0.672. The molecule has 0 saturated carbocycles. The number of para-hydroxylation sites is 1. The number of nitrogens with one attached hydrogen (secondary N) is 2. The second-order valence-corrected chi connectivity index (χ2v) is 5.58. The molecule has 0 radical (unpaired) electrons. The third kappa shape index (κ3) is 4.58. The number of pyridine rings is 1. The lowest BCUT2D eigenvalue weighted by atomic mass is 10.1. The first-order chi connectivity index (χ1) is 13.4. The van der Waals surface area contributed by atoms with Gasteiger partial charge >= 0.3 is 6.36 Å². The number of alkyl halides is 3. The third-order valence-electron chi connectivity index (χ3n) is 3.71. The molecule has 1 amide bonds. The number of aromatic amines is 1. The number of amides is 1. The number of methoxy groups -OCH3 is 1. The number of halogens is 3. The molecule has 2 aromatic heterocycles. The Morgan fingerprint density at radius 2 is 2.00 bits per heavy atom. The number of carbonyl (C=O) groups excluding carboxylic acids is 1. The highest BCUT2D eigenvalue weighted by Crippen LogP contribution is 2.28. The molecule has 0 aliphatic heterocycles. The van der Waals surface area contributed by atoms with Crippen molar-refractivity contribution in [3.63, 3.8) is 0 Å². The number of carbonyl (C=O) groups is 1. The van der Waals surface area contributed by atoms with Gasteiger partial charge in [-0.1, -0.05) is 12.1 Å². The Labute approximate surface area is 157 Å². The maximum Gasteiger partial charge on any atom is 0.573 e. The molecule has 0 atom stereocenters. The number of nitrogens with zero attached hydrogens (tertiary/aromatic N) is 2. The van der Waals surface area contributed by atoms with Gasteiger partial charge in [0.1, 0.15) is 11.5 Å². The summed E-state index contributed by atoms with van der Waals surface area (Å²) in [6.07, 6.45) is -1.76. The highest BCUT2D eigenvalue weighted by atomic mass is 19.4. The van der Waals surface area contributed by atoms with Crippen LogP contribution in [-0.4, -0.2) is 34.6 Å². The minimum atomic E-state index is -4.89. The fourth-order valence-corrected chi connectivity index (χ4v) is 2.48. The molecule has 2 heterocycles. The van der Waals surface area contributed by atoms with Gasteiger partial charge in [0.15, 0.2) is 0 Å². The first-order valence-electron chi connectivity index (χ1n) is 8.03. The highest BCUT2D eigenvalue weighted by molar-refractivity contribution is 5.96. The topological polar surface area (TPSA) is 89.1 Å². The number of H-pyrrole nitrogens is 1. The zero-order valence-electron chi connectivity index (χ0n) is 14.6. The van der Waals surface area contributed by atoms with Crippen LogP contribution < -0.4 is 14.8 Å². The van der Waals surface area contributed by atoms with E-state index in [0.717, 1.165) is 6.07 Å². The van der Waals surface area contributed by atoms with Crippen molar-refractivity contribution in [2.45, 2.75) is 12.9 Å². The summed E-state index contributed by atoms with van der Waals surface area (Å²) in [6.45, 7) is 0.0274. The van der Waals surface area contributed by atoms with E-state index in [1.807, 2.05) is 0 Å². The van der Waals surface area contributed by atoms with Gasteiger partial charge < -0.3 is 14.8 Å². The minimum absolute atomic E-state index is 0.0274. The van der Waals surface area contributed by atoms with E-state index < -0.39 is 18.0 Å². The summed E-state index contributed by atoms with van der Waals surface area (Å²) in [5, 5.41) is 9.45. The summed E-state index contributed by atoms with van der Waals surface area (Å²) in [4.78, 5) is 16.2. The molecule has 3 aromatic rings. The Hall–Kier alpha value is -3.56. The monoisotopic (exact) mass is 392 g/mol. The van der Waals surface area contributed by atoms with Crippen LogP contribution in [0.5, 0.6) is 11.5 Å².